The van der Waals surface area contributed by atoms with Gasteiger partial charge in [-0.15, -0.1) is 0 Å². The normalized spacial score (nSPS) is 25.7. The van der Waals surface area contributed by atoms with Gasteiger partial charge < -0.3 is 14.3 Å². The Balaban J connectivity index is 3.06. The molecule has 0 aromatic carbocycles. The van der Waals surface area contributed by atoms with Crippen molar-refractivity contribution >= 4 is 20.4 Å². The maximum Gasteiger partial charge on any atom is 0.411 e. The van der Waals surface area contributed by atoms with Crippen LogP contribution in [0.3, 0.4) is 0 Å². The summed E-state index contributed by atoms with van der Waals surface area (Å²) in [6.45, 7) is 10.1. The van der Waals surface area contributed by atoms with E-state index in [1.165, 1.54) is 0 Å². The first-order chi connectivity index (χ1) is 10.7. The van der Waals surface area contributed by atoms with E-state index in [0.717, 1.165) is 4.90 Å². The summed E-state index contributed by atoms with van der Waals surface area (Å²) in [5.74, 6) is -1.34. The van der Waals surface area contributed by atoms with Gasteiger partial charge in [-0.2, -0.15) is 0 Å². The summed E-state index contributed by atoms with van der Waals surface area (Å²) in [4.78, 5) is 24.8. The lowest BCUT2D eigenvalue weighted by Gasteiger charge is -2.46. The molecule has 1 N–H and O–H groups in total. The maximum atomic E-state index is 13.7. The summed E-state index contributed by atoms with van der Waals surface area (Å²) in [5.41, 5.74) is -2.64. The fourth-order valence-corrected chi connectivity index (χ4v) is 4.20. The minimum Gasteiger partial charge on any atom is -0.480 e. The topological polar surface area (TPSA) is 76.1 Å². The number of carbonyl (C=O) groups is 2. The van der Waals surface area contributed by atoms with Gasteiger partial charge in [-0.05, 0) is 46.8 Å². The second-order valence-electron chi connectivity index (χ2n) is 8.06. The molecule has 1 rings (SSSR count). The fraction of sp³-hybridized carbons (Fsp3) is 0.867. The zero-order chi connectivity index (χ0) is 18.9. The van der Waals surface area contributed by atoms with Crippen molar-refractivity contribution in [2.75, 3.05) is 6.54 Å². The number of nitrogens with zero attached hydrogens (tertiary/aromatic N) is 1. The summed E-state index contributed by atoms with van der Waals surface area (Å²) in [6.07, 6.45) is -4.22. The van der Waals surface area contributed by atoms with Crippen molar-refractivity contribution < 1.29 is 32.6 Å². The van der Waals surface area contributed by atoms with E-state index in [1.807, 2.05) is 0 Å². The van der Waals surface area contributed by atoms with E-state index in [1.54, 1.807) is 40.4 Å². The molecule has 24 heavy (non-hydrogen) atoms. The van der Waals surface area contributed by atoms with E-state index in [2.05, 4.69) is 0 Å². The predicted octanol–water partition coefficient (Wildman–Crippen LogP) is 3.33. The van der Waals surface area contributed by atoms with Gasteiger partial charge in [0.1, 0.15) is 17.2 Å². The Kier molecular flexibility index (Phi) is 6.03. The van der Waals surface area contributed by atoms with Crippen LogP contribution in [0.4, 0.5) is 13.6 Å². The minimum atomic E-state index is -2.83. The zero-order valence-electron chi connectivity index (χ0n) is 15.1. The van der Waals surface area contributed by atoms with Crippen LogP contribution in [0.15, 0.2) is 0 Å². The maximum absolute atomic E-state index is 13.7. The van der Waals surface area contributed by atoms with Crippen LogP contribution >= 0.6 is 0 Å². The molecule has 0 unspecified atom stereocenters. The van der Waals surface area contributed by atoms with Gasteiger partial charge in [-0.3, -0.25) is 4.90 Å². The number of carboxylic acids is 1. The van der Waals surface area contributed by atoms with Crippen LogP contribution in [0.1, 0.15) is 33.6 Å². The number of amides is 1. The summed E-state index contributed by atoms with van der Waals surface area (Å²) in [5, 5.41) is 9.43. The van der Waals surface area contributed by atoms with E-state index in [9.17, 15) is 23.5 Å². The lowest BCUT2D eigenvalue weighted by Crippen LogP contribution is -2.61. The third kappa shape index (κ3) is 5.40. The highest BCUT2D eigenvalue weighted by Crippen LogP contribution is 2.38. The van der Waals surface area contributed by atoms with Crippen molar-refractivity contribution in [2.45, 2.75) is 76.9 Å². The molecule has 0 bridgehead atoms. The molecular weight excluding hydrogens is 340 g/mol. The standard InChI is InChI=1S/C15H27F2NO5Si/c1-14(2,3)22-13(21)18-8-7-15(12(16)17,23-24(4,5)6)9-10(18)11(19)20/h10,12H,7-9H2,1-6H3,(H,19,20)/t10-,15+/m1/s1. The van der Waals surface area contributed by atoms with E-state index in [4.69, 9.17) is 9.16 Å². The molecule has 1 aliphatic heterocycles. The van der Waals surface area contributed by atoms with Gasteiger partial charge in [0.05, 0.1) is 0 Å². The second-order valence-corrected chi connectivity index (χ2v) is 12.5. The van der Waals surface area contributed by atoms with E-state index in [0.29, 0.717) is 0 Å². The van der Waals surface area contributed by atoms with E-state index >= 15 is 0 Å². The second kappa shape index (κ2) is 6.95. The molecule has 0 aliphatic carbocycles. The van der Waals surface area contributed by atoms with Crippen LogP contribution < -0.4 is 0 Å². The van der Waals surface area contributed by atoms with E-state index < -0.39 is 50.5 Å². The molecule has 0 aromatic rings. The highest BCUT2D eigenvalue weighted by molar-refractivity contribution is 6.69. The Bertz CT molecular complexity index is 489. The van der Waals surface area contributed by atoms with Gasteiger partial charge in [0.2, 0.25) is 0 Å². The van der Waals surface area contributed by atoms with Crippen molar-refractivity contribution in [3.8, 4) is 0 Å². The molecule has 1 fully saturated rings. The highest BCUT2D eigenvalue weighted by Gasteiger charge is 2.52. The summed E-state index contributed by atoms with van der Waals surface area (Å²) in [7, 11) is -2.34. The minimum absolute atomic E-state index is 0.127. The molecule has 1 amide bonds. The largest absolute Gasteiger partial charge is 0.480 e. The first-order valence-corrected chi connectivity index (χ1v) is 11.3. The number of carbonyl (C=O) groups excluding carboxylic acids is 1. The number of piperidine rings is 1. The molecule has 1 aliphatic rings. The Morgan fingerprint density at radius 2 is 1.83 bits per heavy atom. The van der Waals surface area contributed by atoms with Crippen molar-refractivity contribution in [2.24, 2.45) is 0 Å². The lowest BCUT2D eigenvalue weighted by molar-refractivity contribution is -0.159. The number of aliphatic carboxylic acids is 1. The Morgan fingerprint density at radius 1 is 1.29 bits per heavy atom. The molecule has 9 heteroatoms. The number of hydrogen-bond acceptors (Lipinski definition) is 4. The van der Waals surface area contributed by atoms with Crippen molar-refractivity contribution in [3.05, 3.63) is 0 Å². The highest BCUT2D eigenvalue weighted by atomic mass is 28.4. The van der Waals surface area contributed by atoms with Crippen LogP contribution in [0, 0.1) is 0 Å². The monoisotopic (exact) mass is 367 g/mol. The number of likely N-dealkylation sites (tertiary alicyclic amines) is 1. The first kappa shape index (κ1) is 20.8. The molecule has 140 valence electrons. The van der Waals surface area contributed by atoms with E-state index in [-0.39, 0.29) is 13.0 Å². The lowest BCUT2D eigenvalue weighted by atomic mass is 9.87. The quantitative estimate of drug-likeness (QED) is 0.772. The third-order valence-corrected chi connectivity index (χ3v) is 4.53. The van der Waals surface area contributed by atoms with Crippen LogP contribution in [-0.2, 0) is 14.0 Å². The van der Waals surface area contributed by atoms with Crippen LogP contribution in [0.5, 0.6) is 0 Å². The predicted molar refractivity (Wildman–Crippen MR) is 86.8 cm³/mol. The van der Waals surface area contributed by atoms with Gasteiger partial charge in [-0.1, -0.05) is 0 Å². The number of ether oxygens (including phenoxy) is 1. The van der Waals surface area contributed by atoms with Gasteiger partial charge in [0.25, 0.3) is 6.43 Å². The Labute approximate surface area is 142 Å². The summed E-state index contributed by atoms with van der Waals surface area (Å²) >= 11 is 0. The summed E-state index contributed by atoms with van der Waals surface area (Å²) < 4.78 is 38.3. The SMILES string of the molecule is CC(C)(C)OC(=O)N1CC[C@@](O[Si](C)(C)C)(C(F)F)C[C@@H]1C(=O)O. The first-order valence-electron chi connectivity index (χ1n) is 7.88. The van der Waals surface area contributed by atoms with Gasteiger partial charge in [0, 0.05) is 13.0 Å². The number of halogens is 2. The number of rotatable bonds is 4. The van der Waals surface area contributed by atoms with Gasteiger partial charge in [0.15, 0.2) is 8.32 Å². The molecule has 1 saturated heterocycles. The molecule has 0 aromatic heterocycles. The molecular formula is C15H27F2NO5Si. The molecule has 2 atom stereocenters. The number of alkyl halides is 2. The molecule has 0 radical (unpaired) electrons. The molecule has 0 saturated carbocycles. The van der Waals surface area contributed by atoms with Crippen molar-refractivity contribution in [3.63, 3.8) is 0 Å². The zero-order valence-corrected chi connectivity index (χ0v) is 16.1. The van der Waals surface area contributed by atoms with Gasteiger partial charge >= 0.3 is 12.1 Å². The van der Waals surface area contributed by atoms with Crippen LogP contribution in [0.25, 0.3) is 0 Å². The number of carboxylic acid groups (broad SMARTS) is 1. The number of hydrogen-bond donors (Lipinski definition) is 1. The Morgan fingerprint density at radius 3 is 2.21 bits per heavy atom. The molecule has 0 spiro atoms. The Hall–Kier alpha value is -1.22. The van der Waals surface area contributed by atoms with Crippen LogP contribution in [0.2, 0.25) is 19.6 Å². The van der Waals surface area contributed by atoms with Crippen molar-refractivity contribution in [1.29, 1.82) is 0 Å². The smallest absolute Gasteiger partial charge is 0.411 e. The van der Waals surface area contributed by atoms with Crippen LogP contribution in [-0.4, -0.2) is 60.6 Å². The average molecular weight is 367 g/mol. The molecule has 1 heterocycles. The van der Waals surface area contributed by atoms with Gasteiger partial charge in [-0.25, -0.2) is 18.4 Å². The molecule has 6 nitrogen and oxygen atoms in total. The summed E-state index contributed by atoms with van der Waals surface area (Å²) in [6, 6.07) is -1.40. The van der Waals surface area contributed by atoms with Crippen molar-refractivity contribution in [1.82, 2.24) is 4.90 Å². The average Bonchev–Trinajstić information content (AvgIpc) is 2.34. The third-order valence-electron chi connectivity index (χ3n) is 3.51. The fourth-order valence-electron chi connectivity index (χ4n) is 2.71.